The Morgan fingerprint density at radius 1 is 1.42 bits per heavy atom. The Hall–Kier alpha value is -0.810. The number of thioether (sulfide) groups is 2. The van der Waals surface area contributed by atoms with Crippen LogP contribution in [0.4, 0.5) is 0 Å². The third-order valence-electron chi connectivity index (χ3n) is 3.82. The highest BCUT2D eigenvalue weighted by Crippen LogP contribution is 2.54. The zero-order chi connectivity index (χ0) is 13.6. The Labute approximate surface area is 122 Å². The maximum Gasteiger partial charge on any atom is 0.153 e. The molecule has 3 aliphatic heterocycles. The molecular weight excluding hydrogens is 274 g/mol. The summed E-state index contributed by atoms with van der Waals surface area (Å²) in [6.45, 7) is 6.27. The van der Waals surface area contributed by atoms with Gasteiger partial charge in [-0.1, -0.05) is 12.2 Å². The summed E-state index contributed by atoms with van der Waals surface area (Å²) in [5.41, 5.74) is 3.59. The van der Waals surface area contributed by atoms with Crippen LogP contribution in [0.2, 0.25) is 0 Å². The van der Waals surface area contributed by atoms with Crippen LogP contribution in [-0.2, 0) is 0 Å². The van der Waals surface area contributed by atoms with Crippen molar-refractivity contribution >= 4 is 40.9 Å². The smallest absolute Gasteiger partial charge is 0.153 e. The molecule has 0 aliphatic carbocycles. The molecule has 3 nitrogen and oxygen atoms in total. The quantitative estimate of drug-likeness (QED) is 0.686. The van der Waals surface area contributed by atoms with Gasteiger partial charge in [0, 0.05) is 23.4 Å². The first kappa shape index (κ1) is 13.2. The first-order valence-corrected chi connectivity index (χ1v) is 8.39. The van der Waals surface area contributed by atoms with Crippen molar-refractivity contribution in [2.24, 2.45) is 15.0 Å². The molecule has 0 N–H and O–H groups in total. The third-order valence-corrected chi connectivity index (χ3v) is 6.96. The zero-order valence-corrected chi connectivity index (χ0v) is 13.2. The molecule has 1 saturated heterocycles. The van der Waals surface area contributed by atoms with E-state index in [1.165, 1.54) is 11.1 Å². The molecule has 1 fully saturated rings. The lowest BCUT2D eigenvalue weighted by molar-refractivity contribution is 0.902. The van der Waals surface area contributed by atoms with Crippen molar-refractivity contribution in [1.82, 2.24) is 0 Å². The van der Waals surface area contributed by atoms with Gasteiger partial charge in [-0.05, 0) is 26.3 Å². The van der Waals surface area contributed by atoms with Crippen molar-refractivity contribution in [3.63, 3.8) is 0 Å². The van der Waals surface area contributed by atoms with Gasteiger partial charge < -0.3 is 0 Å². The van der Waals surface area contributed by atoms with Gasteiger partial charge >= 0.3 is 0 Å². The highest BCUT2D eigenvalue weighted by molar-refractivity contribution is 8.21. The van der Waals surface area contributed by atoms with Crippen molar-refractivity contribution < 1.29 is 0 Å². The summed E-state index contributed by atoms with van der Waals surface area (Å²) in [6, 6.07) is 0. The van der Waals surface area contributed by atoms with E-state index in [9.17, 15) is 0 Å². The van der Waals surface area contributed by atoms with Gasteiger partial charge in [0.15, 0.2) is 11.7 Å². The summed E-state index contributed by atoms with van der Waals surface area (Å²) in [7, 11) is 1.81. The van der Waals surface area contributed by atoms with Crippen LogP contribution in [0.25, 0.3) is 0 Å². The Morgan fingerprint density at radius 3 is 2.89 bits per heavy atom. The molecule has 3 aliphatic rings. The number of allylic oxidation sites excluding steroid dienone is 2. The van der Waals surface area contributed by atoms with E-state index in [1.807, 2.05) is 30.6 Å². The van der Waals surface area contributed by atoms with Crippen molar-refractivity contribution in [1.29, 1.82) is 0 Å². The topological polar surface area (TPSA) is 37.1 Å². The molecule has 0 aromatic carbocycles. The number of hydrogen-bond donors (Lipinski definition) is 0. The van der Waals surface area contributed by atoms with E-state index in [0.717, 1.165) is 22.5 Å². The normalized spacial score (nSPS) is 37.7. The first-order chi connectivity index (χ1) is 9.12. The van der Waals surface area contributed by atoms with Gasteiger partial charge in [0.2, 0.25) is 0 Å². The van der Waals surface area contributed by atoms with Crippen molar-refractivity contribution in [2.45, 2.75) is 30.8 Å². The summed E-state index contributed by atoms with van der Waals surface area (Å²) in [4.78, 5) is 13.8. The number of rotatable bonds is 0. The Kier molecular flexibility index (Phi) is 3.21. The van der Waals surface area contributed by atoms with Gasteiger partial charge in [-0.15, -0.1) is 23.5 Å². The summed E-state index contributed by atoms with van der Waals surface area (Å²) in [6.07, 6.45) is 4.52. The van der Waals surface area contributed by atoms with Gasteiger partial charge in [0.1, 0.15) is 4.75 Å². The molecule has 0 amide bonds. The van der Waals surface area contributed by atoms with Crippen LogP contribution in [0.15, 0.2) is 38.3 Å². The second-order valence-electron chi connectivity index (χ2n) is 4.85. The molecule has 100 valence electrons. The number of aliphatic imine (C=N–C) groups is 3. The van der Waals surface area contributed by atoms with Crippen LogP contribution >= 0.6 is 23.5 Å². The maximum atomic E-state index is 4.74. The summed E-state index contributed by atoms with van der Waals surface area (Å²) in [5, 5.41) is 1.47. The summed E-state index contributed by atoms with van der Waals surface area (Å²) >= 11 is 3.92. The van der Waals surface area contributed by atoms with Crippen molar-refractivity contribution in [3.05, 3.63) is 23.3 Å². The maximum absolute atomic E-state index is 4.74. The minimum atomic E-state index is -0.0791. The van der Waals surface area contributed by atoms with E-state index >= 15 is 0 Å². The largest absolute Gasteiger partial charge is 0.270 e. The lowest BCUT2D eigenvalue weighted by Crippen LogP contribution is -2.48. The van der Waals surface area contributed by atoms with Crippen LogP contribution in [0.5, 0.6) is 0 Å². The predicted octanol–water partition coefficient (Wildman–Crippen LogP) is 3.34. The van der Waals surface area contributed by atoms with Gasteiger partial charge in [-0.3, -0.25) is 4.99 Å². The molecule has 19 heavy (non-hydrogen) atoms. The average Bonchev–Trinajstić information content (AvgIpc) is 2.81. The average molecular weight is 291 g/mol. The van der Waals surface area contributed by atoms with Crippen molar-refractivity contribution in [3.8, 4) is 0 Å². The molecule has 3 rings (SSSR count). The number of hydrogen-bond acceptors (Lipinski definition) is 4. The lowest BCUT2D eigenvalue weighted by Gasteiger charge is -2.38. The van der Waals surface area contributed by atoms with E-state index in [1.54, 1.807) is 0 Å². The molecule has 0 aromatic heterocycles. The number of amidine groups is 2. The summed E-state index contributed by atoms with van der Waals surface area (Å²) < 4.78 is -0.0791. The molecule has 0 aromatic rings. The molecule has 2 atom stereocenters. The number of dihydropyridines is 1. The fourth-order valence-electron chi connectivity index (χ4n) is 2.70. The minimum absolute atomic E-state index is 0.0791. The van der Waals surface area contributed by atoms with Gasteiger partial charge in [-0.25, -0.2) is 9.98 Å². The van der Waals surface area contributed by atoms with Crippen LogP contribution in [0.1, 0.15) is 20.8 Å². The van der Waals surface area contributed by atoms with Crippen molar-refractivity contribution in [2.75, 3.05) is 12.1 Å². The molecule has 0 unspecified atom stereocenters. The highest BCUT2D eigenvalue weighted by Gasteiger charge is 2.53. The van der Waals surface area contributed by atoms with Gasteiger partial charge in [0.25, 0.3) is 0 Å². The monoisotopic (exact) mass is 291 g/mol. The molecular formula is C14H17N3S2. The molecule has 1 spiro atoms. The van der Waals surface area contributed by atoms with Crippen LogP contribution in [-0.4, -0.2) is 39.5 Å². The SMILES string of the molecule is C/C=C1\C(=N/C)N=C2N=C(C)C(C)=C[C@]23SCS[C@H]13. The Bertz CT molecular complexity index is 583. The van der Waals surface area contributed by atoms with Gasteiger partial charge in [-0.2, -0.15) is 0 Å². The fourth-order valence-corrected chi connectivity index (χ4v) is 6.30. The van der Waals surface area contributed by atoms with E-state index < -0.39 is 0 Å². The van der Waals surface area contributed by atoms with E-state index in [4.69, 9.17) is 9.98 Å². The molecule has 0 saturated carbocycles. The highest BCUT2D eigenvalue weighted by atomic mass is 32.2. The van der Waals surface area contributed by atoms with Crippen LogP contribution in [0, 0.1) is 0 Å². The third kappa shape index (κ3) is 1.78. The van der Waals surface area contributed by atoms with Crippen LogP contribution in [0.3, 0.4) is 0 Å². The Morgan fingerprint density at radius 2 is 2.21 bits per heavy atom. The molecule has 0 bridgehead atoms. The Balaban J connectivity index is 2.25. The minimum Gasteiger partial charge on any atom is -0.270 e. The second-order valence-corrected chi connectivity index (χ2v) is 7.56. The van der Waals surface area contributed by atoms with E-state index in [-0.39, 0.29) is 4.75 Å². The molecule has 3 heterocycles. The van der Waals surface area contributed by atoms with E-state index in [0.29, 0.717) is 5.25 Å². The zero-order valence-electron chi connectivity index (χ0n) is 11.6. The van der Waals surface area contributed by atoms with E-state index in [2.05, 4.69) is 37.9 Å². The predicted molar refractivity (Wildman–Crippen MR) is 88.0 cm³/mol. The van der Waals surface area contributed by atoms with Gasteiger partial charge in [0.05, 0.1) is 5.25 Å². The first-order valence-electron chi connectivity index (χ1n) is 6.35. The second kappa shape index (κ2) is 4.63. The number of nitrogens with zero attached hydrogens (tertiary/aromatic N) is 3. The molecule has 0 radical (unpaired) electrons. The van der Waals surface area contributed by atoms with Crippen LogP contribution < -0.4 is 0 Å². The molecule has 5 heteroatoms. The lowest BCUT2D eigenvalue weighted by atomic mass is 9.88. The fraction of sp³-hybridized carbons (Fsp3) is 0.500. The summed E-state index contributed by atoms with van der Waals surface area (Å²) in [5.74, 6) is 1.78. The standard InChI is InChI=1S/C14H17N3S2/c1-5-10-11-14(19-7-18-11)6-8(2)9(3)16-13(14)17-12(10)15-4/h5-6,11H,7H2,1-4H3/b10-5-,15-12+/t11-,14-/m1/s1.